The largest absolute Gasteiger partial charge is 0.481 e. The van der Waals surface area contributed by atoms with Crippen molar-refractivity contribution >= 4 is 23.4 Å². The van der Waals surface area contributed by atoms with Crippen molar-refractivity contribution in [3.8, 4) is 0 Å². The second kappa shape index (κ2) is 10.8. The first-order valence-corrected chi connectivity index (χ1v) is 9.56. The van der Waals surface area contributed by atoms with E-state index in [0.29, 0.717) is 6.42 Å². The molecule has 0 saturated heterocycles. The molecule has 1 N–H and O–H groups in total. The molecule has 128 valence electrons. The van der Waals surface area contributed by atoms with Crippen LogP contribution in [-0.2, 0) is 17.6 Å². The van der Waals surface area contributed by atoms with Crippen molar-refractivity contribution in [2.24, 2.45) is 0 Å². The van der Waals surface area contributed by atoms with Gasteiger partial charge >= 0.3 is 5.97 Å². The highest BCUT2D eigenvalue weighted by Gasteiger charge is 1.99. The Morgan fingerprint density at radius 3 is 2.58 bits per heavy atom. The number of carbonyl (C=O) groups is 1. The second-order valence-corrected chi connectivity index (χ2v) is 7.24. The fourth-order valence-corrected chi connectivity index (χ4v) is 3.63. The number of rotatable bonds is 11. The number of hydrogen-bond acceptors (Lipinski definition) is 2. The zero-order chi connectivity index (χ0) is 17.0. The normalized spacial score (nSPS) is 11.2. The highest BCUT2D eigenvalue weighted by Crippen LogP contribution is 2.20. The number of allylic oxidation sites excluding steroid dienone is 1. The van der Waals surface area contributed by atoms with E-state index < -0.39 is 5.97 Å². The average Bonchev–Trinajstić information content (AvgIpc) is 3.02. The highest BCUT2D eigenvalue weighted by molar-refractivity contribution is 7.12. The first-order valence-electron chi connectivity index (χ1n) is 8.75. The smallest absolute Gasteiger partial charge is 0.303 e. The topological polar surface area (TPSA) is 37.3 Å². The van der Waals surface area contributed by atoms with E-state index in [4.69, 9.17) is 5.11 Å². The molecule has 0 amide bonds. The molecule has 0 unspecified atom stereocenters. The van der Waals surface area contributed by atoms with Gasteiger partial charge in [-0.2, -0.15) is 0 Å². The van der Waals surface area contributed by atoms with Gasteiger partial charge in [0.05, 0.1) is 0 Å². The maximum Gasteiger partial charge on any atom is 0.303 e. The number of thiophene rings is 1. The zero-order valence-corrected chi connectivity index (χ0v) is 14.9. The minimum absolute atomic E-state index is 0.293. The van der Waals surface area contributed by atoms with Crippen molar-refractivity contribution in [2.75, 3.05) is 0 Å². The molecule has 0 aliphatic rings. The van der Waals surface area contributed by atoms with Gasteiger partial charge in [-0.25, -0.2) is 0 Å². The van der Waals surface area contributed by atoms with Crippen molar-refractivity contribution in [3.05, 3.63) is 63.9 Å². The van der Waals surface area contributed by atoms with Crippen LogP contribution in [0.3, 0.4) is 0 Å². The van der Waals surface area contributed by atoms with Gasteiger partial charge in [-0.3, -0.25) is 4.79 Å². The Hall–Kier alpha value is -1.87. The monoisotopic (exact) mass is 342 g/mol. The summed E-state index contributed by atoms with van der Waals surface area (Å²) in [5, 5.41) is 8.58. The molecular weight excluding hydrogens is 316 g/mol. The Balaban J connectivity index is 1.62. The van der Waals surface area contributed by atoms with E-state index in [1.807, 2.05) is 11.3 Å². The molecule has 3 heteroatoms. The molecule has 1 aromatic heterocycles. The molecule has 0 saturated carbocycles. The molecule has 2 rings (SSSR count). The summed E-state index contributed by atoms with van der Waals surface area (Å²) in [7, 11) is 0. The first-order chi connectivity index (χ1) is 11.7. The summed E-state index contributed by atoms with van der Waals surface area (Å²) in [6.07, 6.45) is 12.0. The third-order valence-corrected chi connectivity index (χ3v) is 5.07. The molecule has 0 aliphatic heterocycles. The van der Waals surface area contributed by atoms with Gasteiger partial charge in [-0.05, 0) is 62.3 Å². The van der Waals surface area contributed by atoms with Gasteiger partial charge in [0.25, 0.3) is 0 Å². The summed E-state index contributed by atoms with van der Waals surface area (Å²) < 4.78 is 0. The second-order valence-electron chi connectivity index (χ2n) is 6.04. The van der Waals surface area contributed by atoms with Gasteiger partial charge in [0.2, 0.25) is 0 Å². The lowest BCUT2D eigenvalue weighted by Gasteiger charge is -1.99. The Kier molecular flexibility index (Phi) is 8.33. The maximum atomic E-state index is 10.4. The summed E-state index contributed by atoms with van der Waals surface area (Å²) >= 11 is 1.88. The minimum Gasteiger partial charge on any atom is -0.481 e. The van der Waals surface area contributed by atoms with Crippen LogP contribution in [0.5, 0.6) is 0 Å². The summed E-state index contributed by atoms with van der Waals surface area (Å²) in [5.74, 6) is -0.691. The fourth-order valence-electron chi connectivity index (χ4n) is 2.64. The number of carboxylic acids is 1. The van der Waals surface area contributed by atoms with Crippen LogP contribution in [-0.4, -0.2) is 11.1 Å². The van der Waals surface area contributed by atoms with Crippen LogP contribution in [0, 0.1) is 0 Å². The fraction of sp³-hybridized carbons (Fsp3) is 0.381. The standard InChI is InChI=1S/C21H26O2S/c22-21(23)15-8-3-1-2-7-13-19-16-17-20(24-19)14-9-12-18-10-5-4-6-11-18/h4-7,10-11,13,16-17H,1-3,8-9,12,14-15H2,(H,22,23). The van der Waals surface area contributed by atoms with E-state index in [-0.39, 0.29) is 0 Å². The van der Waals surface area contributed by atoms with Crippen molar-refractivity contribution in [1.29, 1.82) is 0 Å². The van der Waals surface area contributed by atoms with Crippen LogP contribution in [0.2, 0.25) is 0 Å². The molecule has 0 spiro atoms. The molecule has 0 atom stereocenters. The summed E-state index contributed by atoms with van der Waals surface area (Å²) in [6.45, 7) is 0. The molecule has 2 aromatic rings. The Morgan fingerprint density at radius 2 is 1.79 bits per heavy atom. The third-order valence-electron chi connectivity index (χ3n) is 3.96. The SMILES string of the molecule is O=C(O)CCCCCC=Cc1ccc(CCCc2ccccc2)s1. The molecule has 0 radical (unpaired) electrons. The van der Waals surface area contributed by atoms with Gasteiger partial charge < -0.3 is 5.11 Å². The van der Waals surface area contributed by atoms with E-state index in [9.17, 15) is 4.79 Å². The lowest BCUT2D eigenvalue weighted by molar-refractivity contribution is -0.137. The summed E-state index contributed by atoms with van der Waals surface area (Å²) in [5.41, 5.74) is 1.41. The Bertz CT molecular complexity index is 628. The highest BCUT2D eigenvalue weighted by atomic mass is 32.1. The van der Waals surface area contributed by atoms with E-state index in [0.717, 1.165) is 38.5 Å². The lowest BCUT2D eigenvalue weighted by Crippen LogP contribution is -1.93. The van der Waals surface area contributed by atoms with Crippen LogP contribution in [0.15, 0.2) is 48.5 Å². The van der Waals surface area contributed by atoms with E-state index in [2.05, 4.69) is 54.6 Å². The molecule has 2 nitrogen and oxygen atoms in total. The number of carboxylic acid groups (broad SMARTS) is 1. The van der Waals surface area contributed by atoms with Gasteiger partial charge in [0.1, 0.15) is 0 Å². The van der Waals surface area contributed by atoms with E-state index in [1.165, 1.54) is 21.7 Å². The van der Waals surface area contributed by atoms with Gasteiger partial charge in [-0.1, -0.05) is 42.8 Å². The van der Waals surface area contributed by atoms with Crippen LogP contribution in [0.25, 0.3) is 6.08 Å². The van der Waals surface area contributed by atoms with Gasteiger partial charge in [0, 0.05) is 16.2 Å². The Morgan fingerprint density at radius 1 is 0.958 bits per heavy atom. The predicted octanol–water partition coefficient (Wildman–Crippen LogP) is 5.97. The molecular formula is C21H26O2S. The van der Waals surface area contributed by atoms with Crippen LogP contribution in [0.4, 0.5) is 0 Å². The van der Waals surface area contributed by atoms with Gasteiger partial charge in [0.15, 0.2) is 0 Å². The first kappa shape index (κ1) is 18.5. The summed E-state index contributed by atoms with van der Waals surface area (Å²) in [6, 6.07) is 15.1. The molecule has 24 heavy (non-hydrogen) atoms. The predicted molar refractivity (Wildman–Crippen MR) is 103 cm³/mol. The summed E-state index contributed by atoms with van der Waals surface area (Å²) in [4.78, 5) is 13.2. The number of aryl methyl sites for hydroxylation is 2. The number of unbranched alkanes of at least 4 members (excludes halogenated alkanes) is 3. The van der Waals surface area contributed by atoms with Crippen molar-refractivity contribution in [3.63, 3.8) is 0 Å². The molecule has 0 bridgehead atoms. The van der Waals surface area contributed by atoms with Crippen molar-refractivity contribution < 1.29 is 9.90 Å². The van der Waals surface area contributed by atoms with Crippen LogP contribution < -0.4 is 0 Å². The Labute approximate surface area is 148 Å². The average molecular weight is 343 g/mol. The molecule has 1 heterocycles. The van der Waals surface area contributed by atoms with Gasteiger partial charge in [-0.15, -0.1) is 11.3 Å². The minimum atomic E-state index is -0.691. The van der Waals surface area contributed by atoms with Crippen LogP contribution in [0.1, 0.15) is 53.8 Å². The number of aliphatic carboxylic acids is 1. The third kappa shape index (κ3) is 7.60. The van der Waals surface area contributed by atoms with Crippen molar-refractivity contribution in [2.45, 2.75) is 51.4 Å². The lowest BCUT2D eigenvalue weighted by atomic mass is 10.1. The molecule has 0 aliphatic carbocycles. The quantitative estimate of drug-likeness (QED) is 0.511. The number of benzene rings is 1. The van der Waals surface area contributed by atoms with Crippen LogP contribution >= 0.6 is 11.3 Å². The molecule has 1 aromatic carbocycles. The zero-order valence-electron chi connectivity index (χ0n) is 14.1. The molecule has 0 fully saturated rings. The maximum absolute atomic E-state index is 10.4. The van der Waals surface area contributed by atoms with E-state index in [1.54, 1.807) is 0 Å². The van der Waals surface area contributed by atoms with Crippen molar-refractivity contribution in [1.82, 2.24) is 0 Å². The van der Waals surface area contributed by atoms with E-state index >= 15 is 0 Å². The number of hydrogen-bond donors (Lipinski definition) is 1.